The Morgan fingerprint density at radius 3 is 2.21 bits per heavy atom. The standard InChI is InChI=1S/C19H21N5/c1-3-8-15-17(9-4-2)23-24-19(22-15)18-12-7-11-16(21-18)14-10-5-6-13-20-14/h5-7,10-13H,3-4,8-9H2,1-2H3. The van der Waals surface area contributed by atoms with Crippen molar-refractivity contribution >= 4 is 0 Å². The minimum absolute atomic E-state index is 0.580. The van der Waals surface area contributed by atoms with Crippen LogP contribution in [0, 0.1) is 0 Å². The molecule has 0 fully saturated rings. The lowest BCUT2D eigenvalue weighted by Crippen LogP contribution is -2.06. The van der Waals surface area contributed by atoms with Crippen LogP contribution in [0.2, 0.25) is 0 Å². The van der Waals surface area contributed by atoms with Crippen molar-refractivity contribution in [2.45, 2.75) is 39.5 Å². The van der Waals surface area contributed by atoms with E-state index in [9.17, 15) is 0 Å². The zero-order valence-electron chi connectivity index (χ0n) is 14.1. The molecule has 5 heteroatoms. The second-order valence-electron chi connectivity index (χ2n) is 5.65. The fourth-order valence-electron chi connectivity index (χ4n) is 2.57. The predicted molar refractivity (Wildman–Crippen MR) is 94.3 cm³/mol. The van der Waals surface area contributed by atoms with Crippen molar-refractivity contribution in [1.82, 2.24) is 25.1 Å². The summed E-state index contributed by atoms with van der Waals surface area (Å²) in [7, 11) is 0. The number of nitrogens with zero attached hydrogens (tertiary/aromatic N) is 5. The maximum absolute atomic E-state index is 4.73. The van der Waals surface area contributed by atoms with Gasteiger partial charge in [-0.15, -0.1) is 5.10 Å². The number of hydrogen-bond donors (Lipinski definition) is 0. The molecule has 3 rings (SSSR count). The summed E-state index contributed by atoms with van der Waals surface area (Å²) in [5.41, 5.74) is 4.42. The quantitative estimate of drug-likeness (QED) is 0.689. The van der Waals surface area contributed by atoms with Crippen molar-refractivity contribution in [3.05, 3.63) is 54.0 Å². The van der Waals surface area contributed by atoms with Gasteiger partial charge in [-0.3, -0.25) is 4.98 Å². The van der Waals surface area contributed by atoms with Gasteiger partial charge in [-0.25, -0.2) is 9.97 Å². The van der Waals surface area contributed by atoms with E-state index in [4.69, 9.17) is 4.98 Å². The molecule has 0 aliphatic rings. The molecule has 3 heterocycles. The molecule has 0 atom stereocenters. The van der Waals surface area contributed by atoms with Gasteiger partial charge in [0, 0.05) is 6.20 Å². The Bertz CT molecular complexity index is 802. The fraction of sp³-hybridized carbons (Fsp3) is 0.316. The van der Waals surface area contributed by atoms with E-state index in [1.165, 1.54) is 0 Å². The molecule has 0 amide bonds. The largest absolute Gasteiger partial charge is 0.255 e. The molecule has 5 nitrogen and oxygen atoms in total. The van der Waals surface area contributed by atoms with Gasteiger partial charge >= 0.3 is 0 Å². The van der Waals surface area contributed by atoms with Crippen molar-refractivity contribution < 1.29 is 0 Å². The molecule has 0 bridgehead atoms. The number of aromatic nitrogens is 5. The Hall–Kier alpha value is -2.69. The van der Waals surface area contributed by atoms with E-state index < -0.39 is 0 Å². The van der Waals surface area contributed by atoms with Crippen LogP contribution in [-0.4, -0.2) is 25.1 Å². The van der Waals surface area contributed by atoms with Gasteiger partial charge in [0.25, 0.3) is 0 Å². The monoisotopic (exact) mass is 319 g/mol. The molecule has 0 N–H and O–H groups in total. The Kier molecular flexibility index (Phi) is 5.21. The number of aryl methyl sites for hydroxylation is 2. The molecule has 0 aliphatic heterocycles. The van der Waals surface area contributed by atoms with E-state index in [-0.39, 0.29) is 0 Å². The van der Waals surface area contributed by atoms with E-state index in [0.29, 0.717) is 5.82 Å². The van der Waals surface area contributed by atoms with Gasteiger partial charge in [0.15, 0.2) is 0 Å². The van der Waals surface area contributed by atoms with Gasteiger partial charge in [-0.2, -0.15) is 5.10 Å². The van der Waals surface area contributed by atoms with Crippen molar-refractivity contribution in [2.75, 3.05) is 0 Å². The Morgan fingerprint density at radius 2 is 1.46 bits per heavy atom. The molecular weight excluding hydrogens is 298 g/mol. The van der Waals surface area contributed by atoms with Crippen LogP contribution in [0.1, 0.15) is 38.1 Å². The first-order chi connectivity index (χ1) is 11.8. The van der Waals surface area contributed by atoms with Crippen LogP contribution in [0.15, 0.2) is 42.6 Å². The van der Waals surface area contributed by atoms with Crippen LogP contribution >= 0.6 is 0 Å². The lowest BCUT2D eigenvalue weighted by molar-refractivity contribution is 0.757. The summed E-state index contributed by atoms with van der Waals surface area (Å²) < 4.78 is 0. The van der Waals surface area contributed by atoms with Crippen LogP contribution in [0.5, 0.6) is 0 Å². The first-order valence-electron chi connectivity index (χ1n) is 8.43. The highest BCUT2D eigenvalue weighted by Gasteiger charge is 2.11. The van der Waals surface area contributed by atoms with Crippen LogP contribution in [0.4, 0.5) is 0 Å². The van der Waals surface area contributed by atoms with Crippen LogP contribution in [-0.2, 0) is 12.8 Å². The molecule has 0 unspecified atom stereocenters. The maximum Gasteiger partial charge on any atom is 0.200 e. The van der Waals surface area contributed by atoms with Crippen molar-refractivity contribution in [3.63, 3.8) is 0 Å². The normalized spacial score (nSPS) is 10.8. The first kappa shape index (κ1) is 16.2. The molecular formula is C19H21N5. The highest BCUT2D eigenvalue weighted by atomic mass is 15.2. The fourth-order valence-corrected chi connectivity index (χ4v) is 2.57. The van der Waals surface area contributed by atoms with E-state index in [0.717, 1.165) is 54.2 Å². The van der Waals surface area contributed by atoms with E-state index in [1.807, 2.05) is 36.4 Å². The molecule has 0 saturated heterocycles. The molecule has 122 valence electrons. The molecule has 24 heavy (non-hydrogen) atoms. The number of rotatable bonds is 6. The van der Waals surface area contributed by atoms with E-state index in [1.54, 1.807) is 6.20 Å². The van der Waals surface area contributed by atoms with Crippen molar-refractivity contribution in [2.24, 2.45) is 0 Å². The zero-order valence-corrected chi connectivity index (χ0v) is 14.1. The second kappa shape index (κ2) is 7.73. The third-order valence-corrected chi connectivity index (χ3v) is 3.72. The summed E-state index contributed by atoms with van der Waals surface area (Å²) >= 11 is 0. The highest BCUT2D eigenvalue weighted by molar-refractivity contribution is 5.59. The molecule has 0 radical (unpaired) electrons. The van der Waals surface area contributed by atoms with Crippen molar-refractivity contribution in [3.8, 4) is 22.9 Å². The lowest BCUT2D eigenvalue weighted by atomic mass is 10.1. The molecule has 3 aromatic heterocycles. The Morgan fingerprint density at radius 1 is 0.708 bits per heavy atom. The van der Waals surface area contributed by atoms with Gasteiger partial charge < -0.3 is 0 Å². The first-order valence-corrected chi connectivity index (χ1v) is 8.43. The third kappa shape index (κ3) is 3.62. The summed E-state index contributed by atoms with van der Waals surface area (Å²) in [6, 6.07) is 11.6. The van der Waals surface area contributed by atoms with Gasteiger partial charge in [0.1, 0.15) is 5.69 Å². The van der Waals surface area contributed by atoms with Crippen LogP contribution < -0.4 is 0 Å². The predicted octanol–water partition coefficient (Wildman–Crippen LogP) is 3.90. The van der Waals surface area contributed by atoms with Gasteiger partial charge in [-0.1, -0.05) is 38.8 Å². The SMILES string of the molecule is CCCc1nnc(-c2cccc(-c3ccccn3)n2)nc1CCC. The Balaban J connectivity index is 1.98. The molecule has 0 aliphatic carbocycles. The molecule has 0 saturated carbocycles. The van der Waals surface area contributed by atoms with Crippen LogP contribution in [0.25, 0.3) is 22.9 Å². The average molecular weight is 319 g/mol. The third-order valence-electron chi connectivity index (χ3n) is 3.72. The molecule has 0 aromatic carbocycles. The van der Waals surface area contributed by atoms with Gasteiger partial charge in [0.2, 0.25) is 5.82 Å². The maximum atomic E-state index is 4.73. The smallest absolute Gasteiger partial charge is 0.200 e. The van der Waals surface area contributed by atoms with Crippen LogP contribution in [0.3, 0.4) is 0 Å². The topological polar surface area (TPSA) is 64.5 Å². The Labute approximate surface area is 142 Å². The van der Waals surface area contributed by atoms with Gasteiger partial charge in [0.05, 0.1) is 22.8 Å². The lowest BCUT2D eigenvalue weighted by Gasteiger charge is -2.08. The summed E-state index contributed by atoms with van der Waals surface area (Å²) in [5.74, 6) is 0.580. The summed E-state index contributed by atoms with van der Waals surface area (Å²) in [6.07, 6.45) is 5.67. The summed E-state index contributed by atoms with van der Waals surface area (Å²) in [5, 5.41) is 8.70. The zero-order chi connectivity index (χ0) is 16.8. The van der Waals surface area contributed by atoms with E-state index >= 15 is 0 Å². The highest BCUT2D eigenvalue weighted by Crippen LogP contribution is 2.19. The molecule has 0 spiro atoms. The molecule has 3 aromatic rings. The minimum atomic E-state index is 0.580. The number of pyridine rings is 2. The minimum Gasteiger partial charge on any atom is -0.255 e. The second-order valence-corrected chi connectivity index (χ2v) is 5.65. The average Bonchev–Trinajstić information content (AvgIpc) is 2.64. The van der Waals surface area contributed by atoms with Gasteiger partial charge in [-0.05, 0) is 37.1 Å². The summed E-state index contributed by atoms with van der Waals surface area (Å²) in [6.45, 7) is 4.29. The summed E-state index contributed by atoms with van der Waals surface area (Å²) in [4.78, 5) is 13.7. The van der Waals surface area contributed by atoms with E-state index in [2.05, 4.69) is 34.0 Å². The number of hydrogen-bond acceptors (Lipinski definition) is 5. The van der Waals surface area contributed by atoms with Crippen molar-refractivity contribution in [1.29, 1.82) is 0 Å².